The third-order valence-electron chi connectivity index (χ3n) is 5.11. The topological polar surface area (TPSA) is 59.1 Å². The summed E-state index contributed by atoms with van der Waals surface area (Å²) in [7, 11) is 0. The first-order valence-electron chi connectivity index (χ1n) is 12.2. The summed E-state index contributed by atoms with van der Waals surface area (Å²) in [5, 5.41) is 11.6. The van der Waals surface area contributed by atoms with Gasteiger partial charge in [0.25, 0.3) is 0 Å². The third-order valence-corrected chi connectivity index (χ3v) is 5.11. The number of amides is 2. The number of nitrogens with one attached hydrogen (secondary N) is 1. The molecule has 0 atom stereocenters. The van der Waals surface area contributed by atoms with Crippen LogP contribution in [0.4, 0.5) is 16.2 Å². The van der Waals surface area contributed by atoms with E-state index < -0.39 is 0 Å². The van der Waals surface area contributed by atoms with Crippen molar-refractivity contribution < 1.29 is 9.90 Å². The fourth-order valence-corrected chi connectivity index (χ4v) is 3.68. The number of piperidine rings is 1. The predicted octanol–water partition coefficient (Wildman–Crippen LogP) is 4.58. The molecule has 2 amide bonds. The van der Waals surface area contributed by atoms with Crippen LogP contribution in [-0.4, -0.2) is 68.5 Å². The molecule has 0 radical (unpaired) electrons. The Kier molecular flexibility index (Phi) is 13.8. The van der Waals surface area contributed by atoms with E-state index in [-0.39, 0.29) is 12.6 Å². The number of hydrogen-bond donors (Lipinski definition) is 2. The minimum atomic E-state index is -0.0728. The lowest BCUT2D eigenvalue weighted by Crippen LogP contribution is -2.43. The summed E-state index contributed by atoms with van der Waals surface area (Å²) < 4.78 is 0. The molecule has 2 saturated heterocycles. The number of anilines is 2. The SMILES string of the molecule is CC.CC(C)C.O=C(NCCO)N1CCCN(c2ccc(N3CCCCC3)cc2)CC1. The van der Waals surface area contributed by atoms with E-state index in [1.165, 1.54) is 43.7 Å². The summed E-state index contributed by atoms with van der Waals surface area (Å²) >= 11 is 0. The maximum absolute atomic E-state index is 12.1. The van der Waals surface area contributed by atoms with Crippen molar-refractivity contribution in [3.05, 3.63) is 24.3 Å². The number of benzene rings is 1. The van der Waals surface area contributed by atoms with Gasteiger partial charge in [-0.15, -0.1) is 0 Å². The van der Waals surface area contributed by atoms with Crippen LogP contribution in [0.3, 0.4) is 0 Å². The van der Waals surface area contributed by atoms with Crippen LogP contribution in [0.25, 0.3) is 0 Å². The Morgan fingerprint density at radius 2 is 1.32 bits per heavy atom. The second-order valence-electron chi connectivity index (χ2n) is 8.58. The molecule has 0 bridgehead atoms. The monoisotopic (exact) mass is 434 g/mol. The quantitative estimate of drug-likeness (QED) is 0.728. The van der Waals surface area contributed by atoms with Gasteiger partial charge >= 0.3 is 6.03 Å². The largest absolute Gasteiger partial charge is 0.395 e. The highest BCUT2D eigenvalue weighted by molar-refractivity contribution is 5.74. The number of hydrogen-bond acceptors (Lipinski definition) is 4. The van der Waals surface area contributed by atoms with Gasteiger partial charge in [0.15, 0.2) is 0 Å². The molecule has 2 aliphatic rings. The molecule has 0 spiro atoms. The predicted molar refractivity (Wildman–Crippen MR) is 133 cm³/mol. The number of carbonyl (C=O) groups is 1. The fourth-order valence-electron chi connectivity index (χ4n) is 3.68. The number of aliphatic hydroxyl groups is 1. The zero-order valence-electron chi connectivity index (χ0n) is 20.6. The van der Waals surface area contributed by atoms with Crippen molar-refractivity contribution in [3.8, 4) is 0 Å². The standard InChI is InChI=1S/C19H30N4O2.C4H10.C2H6/c24-16-9-20-19(25)23-13-4-12-22(14-15-23)18-7-5-17(6-8-18)21-10-2-1-3-11-21;1-4(2)3;1-2/h5-8,24H,1-4,9-16H2,(H,20,25);4H,1-3H3;1-2H3. The number of aliphatic hydroxyl groups excluding tert-OH is 1. The van der Waals surface area contributed by atoms with Crippen LogP contribution in [0.1, 0.15) is 60.3 Å². The van der Waals surface area contributed by atoms with Gasteiger partial charge in [0.1, 0.15) is 0 Å². The van der Waals surface area contributed by atoms with Crippen LogP contribution in [0.5, 0.6) is 0 Å². The Bertz CT molecular complexity index is 583. The van der Waals surface area contributed by atoms with E-state index in [0.29, 0.717) is 13.1 Å². The van der Waals surface area contributed by atoms with E-state index in [4.69, 9.17) is 5.11 Å². The first-order valence-corrected chi connectivity index (χ1v) is 12.2. The average Bonchev–Trinajstić information content (AvgIpc) is 3.06. The zero-order chi connectivity index (χ0) is 23.1. The van der Waals surface area contributed by atoms with Crippen molar-refractivity contribution in [2.45, 2.75) is 60.3 Å². The van der Waals surface area contributed by atoms with E-state index in [1.807, 2.05) is 18.7 Å². The molecule has 3 rings (SSSR count). The zero-order valence-corrected chi connectivity index (χ0v) is 20.6. The average molecular weight is 435 g/mol. The van der Waals surface area contributed by atoms with Crippen molar-refractivity contribution in [2.24, 2.45) is 5.92 Å². The van der Waals surface area contributed by atoms with Gasteiger partial charge in [-0.2, -0.15) is 0 Å². The van der Waals surface area contributed by atoms with Crippen LogP contribution in [0, 0.1) is 5.92 Å². The van der Waals surface area contributed by atoms with Gasteiger partial charge in [0, 0.05) is 57.2 Å². The molecule has 6 nitrogen and oxygen atoms in total. The van der Waals surface area contributed by atoms with E-state index >= 15 is 0 Å². The van der Waals surface area contributed by atoms with Gasteiger partial charge in [-0.25, -0.2) is 4.79 Å². The summed E-state index contributed by atoms with van der Waals surface area (Å²) in [4.78, 5) is 18.7. The Balaban J connectivity index is 0.000000720. The van der Waals surface area contributed by atoms with Gasteiger partial charge < -0.3 is 25.1 Å². The van der Waals surface area contributed by atoms with E-state index in [2.05, 4.69) is 60.2 Å². The second kappa shape index (κ2) is 15.8. The molecule has 178 valence electrons. The highest BCUT2D eigenvalue weighted by Crippen LogP contribution is 2.24. The molecule has 0 aromatic heterocycles. The second-order valence-corrected chi connectivity index (χ2v) is 8.58. The summed E-state index contributed by atoms with van der Waals surface area (Å²) in [6.07, 6.45) is 4.90. The van der Waals surface area contributed by atoms with Crippen molar-refractivity contribution in [1.82, 2.24) is 10.2 Å². The van der Waals surface area contributed by atoms with Gasteiger partial charge in [0.2, 0.25) is 0 Å². The molecule has 2 fully saturated rings. The normalized spacial score (nSPS) is 16.5. The van der Waals surface area contributed by atoms with Crippen LogP contribution in [0.15, 0.2) is 24.3 Å². The summed E-state index contributed by atoms with van der Waals surface area (Å²) in [6, 6.07) is 8.82. The Labute approximate surface area is 190 Å². The molecule has 2 N–H and O–H groups in total. The summed E-state index contributed by atoms with van der Waals surface area (Å²) in [6.45, 7) is 16.4. The minimum Gasteiger partial charge on any atom is -0.395 e. The maximum atomic E-state index is 12.1. The lowest BCUT2D eigenvalue weighted by molar-refractivity contribution is 0.197. The number of urea groups is 1. The van der Waals surface area contributed by atoms with Gasteiger partial charge in [-0.1, -0.05) is 34.6 Å². The van der Waals surface area contributed by atoms with Gasteiger partial charge in [-0.05, 0) is 55.9 Å². The van der Waals surface area contributed by atoms with Crippen molar-refractivity contribution in [2.75, 3.05) is 62.2 Å². The van der Waals surface area contributed by atoms with Crippen LogP contribution in [-0.2, 0) is 0 Å². The van der Waals surface area contributed by atoms with E-state index in [1.54, 1.807) is 0 Å². The van der Waals surface area contributed by atoms with E-state index in [9.17, 15) is 4.79 Å². The number of carbonyl (C=O) groups excluding carboxylic acids is 1. The number of rotatable bonds is 4. The molecular weight excluding hydrogens is 388 g/mol. The highest BCUT2D eigenvalue weighted by atomic mass is 16.3. The molecule has 0 saturated carbocycles. The molecule has 1 aromatic carbocycles. The van der Waals surface area contributed by atoms with Crippen LogP contribution in [0.2, 0.25) is 0 Å². The lowest BCUT2D eigenvalue weighted by atomic mass is 10.1. The van der Waals surface area contributed by atoms with Crippen molar-refractivity contribution >= 4 is 17.4 Å². The number of nitrogens with zero attached hydrogens (tertiary/aromatic N) is 3. The van der Waals surface area contributed by atoms with Crippen LogP contribution >= 0.6 is 0 Å². The molecule has 6 heteroatoms. The Morgan fingerprint density at radius 3 is 1.84 bits per heavy atom. The first-order chi connectivity index (χ1) is 15.0. The third kappa shape index (κ3) is 10.3. The molecule has 31 heavy (non-hydrogen) atoms. The Morgan fingerprint density at radius 1 is 0.839 bits per heavy atom. The molecule has 0 unspecified atom stereocenters. The summed E-state index contributed by atoms with van der Waals surface area (Å²) in [5.74, 6) is 0.833. The molecule has 0 aliphatic carbocycles. The molecular formula is C25H46N4O2. The van der Waals surface area contributed by atoms with E-state index in [0.717, 1.165) is 32.0 Å². The fraction of sp³-hybridized carbons (Fsp3) is 0.720. The maximum Gasteiger partial charge on any atom is 0.317 e. The van der Waals surface area contributed by atoms with Crippen molar-refractivity contribution in [3.63, 3.8) is 0 Å². The van der Waals surface area contributed by atoms with Gasteiger partial charge in [0.05, 0.1) is 6.61 Å². The van der Waals surface area contributed by atoms with Crippen LogP contribution < -0.4 is 15.1 Å². The van der Waals surface area contributed by atoms with Crippen molar-refractivity contribution in [1.29, 1.82) is 0 Å². The summed E-state index contributed by atoms with van der Waals surface area (Å²) in [5.41, 5.74) is 2.56. The van der Waals surface area contributed by atoms with Gasteiger partial charge in [-0.3, -0.25) is 0 Å². The lowest BCUT2D eigenvalue weighted by Gasteiger charge is -2.30. The molecule has 2 aliphatic heterocycles. The minimum absolute atomic E-state index is 0.0188. The molecule has 1 aromatic rings. The Hall–Kier alpha value is -1.95. The smallest absolute Gasteiger partial charge is 0.317 e. The first kappa shape index (κ1) is 27.1. The highest BCUT2D eigenvalue weighted by Gasteiger charge is 2.19. The molecule has 2 heterocycles.